The number of amides is 3. The minimum Gasteiger partial charge on any atom is -0.282 e. The molecule has 3 rings (SSSR count). The number of hydrogen-bond acceptors (Lipinski definition) is 6. The Morgan fingerprint density at radius 2 is 2.00 bits per heavy atom. The number of hydrogen-bond donors (Lipinski definition) is 2. The molecule has 0 saturated carbocycles. The topological polar surface area (TPSA) is 105 Å². The lowest BCUT2D eigenvalue weighted by Gasteiger charge is -2.05. The van der Waals surface area contributed by atoms with Crippen LogP contribution in [-0.4, -0.2) is 26.5 Å². The molecule has 8 nitrogen and oxygen atoms in total. The minimum absolute atomic E-state index is 0.0963. The van der Waals surface area contributed by atoms with Gasteiger partial charge in [0.2, 0.25) is 10.1 Å². The molecule has 0 aliphatic rings. The third kappa shape index (κ3) is 3.78. The number of urea groups is 1. The summed E-state index contributed by atoms with van der Waals surface area (Å²) in [4.78, 5) is 40.3. The van der Waals surface area contributed by atoms with E-state index in [2.05, 4.69) is 20.7 Å². The molecule has 0 unspecified atom stereocenters. The molecule has 0 fully saturated rings. The normalized spacial score (nSPS) is 10.7. The summed E-state index contributed by atoms with van der Waals surface area (Å²) < 4.78 is 1.06. The molecule has 128 valence electrons. The first-order valence-corrected chi connectivity index (χ1v) is 8.35. The second kappa shape index (κ2) is 6.79. The van der Waals surface area contributed by atoms with Crippen molar-refractivity contribution in [3.8, 4) is 0 Å². The molecule has 0 aliphatic heterocycles. The fourth-order valence-corrected chi connectivity index (χ4v) is 3.28. The maximum atomic E-state index is 12.1. The van der Waals surface area contributed by atoms with E-state index in [1.807, 2.05) is 0 Å². The number of nitrogens with one attached hydrogen (secondary N) is 2. The number of fused-ring (bicyclic) bond motifs is 1. The van der Waals surface area contributed by atoms with Crippen LogP contribution in [0.3, 0.4) is 0 Å². The molecule has 2 heterocycles. The van der Waals surface area contributed by atoms with Gasteiger partial charge in [-0.2, -0.15) is 4.52 Å². The average molecular weight is 398 g/mol. The molecule has 3 amide bonds. The van der Waals surface area contributed by atoms with Gasteiger partial charge in [0.25, 0.3) is 11.5 Å². The molecule has 11 heteroatoms. The summed E-state index contributed by atoms with van der Waals surface area (Å²) in [6, 6.07) is 4.78. The third-order valence-electron chi connectivity index (χ3n) is 3.00. The summed E-state index contributed by atoms with van der Waals surface area (Å²) >= 11 is 12.7. The number of aryl methyl sites for hydroxylation is 1. The number of carbonyl (C=O) groups excluding carboxylic acids is 2. The van der Waals surface area contributed by atoms with Crippen molar-refractivity contribution in [3.63, 3.8) is 0 Å². The van der Waals surface area contributed by atoms with E-state index in [-0.39, 0.29) is 21.3 Å². The van der Waals surface area contributed by atoms with Crippen molar-refractivity contribution in [2.45, 2.75) is 6.92 Å². The van der Waals surface area contributed by atoms with E-state index >= 15 is 0 Å². The van der Waals surface area contributed by atoms with E-state index in [9.17, 15) is 14.4 Å². The fraction of sp³-hybridized carbons (Fsp3) is 0.0714. The van der Waals surface area contributed by atoms with Crippen LogP contribution in [0.5, 0.6) is 0 Å². The van der Waals surface area contributed by atoms with Crippen molar-refractivity contribution < 1.29 is 9.59 Å². The van der Waals surface area contributed by atoms with Gasteiger partial charge in [-0.15, -0.1) is 5.10 Å². The Balaban J connectivity index is 1.75. The molecular formula is C14H9Cl2N5O3S. The van der Waals surface area contributed by atoms with Gasteiger partial charge in [0.05, 0.1) is 10.6 Å². The lowest BCUT2D eigenvalue weighted by atomic mass is 10.2. The van der Waals surface area contributed by atoms with E-state index < -0.39 is 11.9 Å². The van der Waals surface area contributed by atoms with Gasteiger partial charge < -0.3 is 0 Å². The van der Waals surface area contributed by atoms with Gasteiger partial charge in [-0.05, 0) is 25.1 Å². The monoisotopic (exact) mass is 397 g/mol. The molecule has 0 spiro atoms. The number of benzene rings is 1. The van der Waals surface area contributed by atoms with Gasteiger partial charge in [-0.25, -0.2) is 9.78 Å². The van der Waals surface area contributed by atoms with E-state index in [1.54, 1.807) is 6.92 Å². The first-order valence-electron chi connectivity index (χ1n) is 6.78. The molecule has 25 heavy (non-hydrogen) atoms. The summed E-state index contributed by atoms with van der Waals surface area (Å²) in [6.07, 6.45) is 0. The van der Waals surface area contributed by atoms with Crippen LogP contribution >= 0.6 is 34.5 Å². The highest BCUT2D eigenvalue weighted by molar-refractivity contribution is 7.20. The highest BCUT2D eigenvalue weighted by Gasteiger charge is 2.16. The van der Waals surface area contributed by atoms with Crippen LogP contribution in [0.25, 0.3) is 4.96 Å². The van der Waals surface area contributed by atoms with E-state index in [4.69, 9.17) is 23.2 Å². The molecule has 2 N–H and O–H groups in total. The molecule has 0 saturated heterocycles. The number of rotatable bonds is 2. The van der Waals surface area contributed by atoms with Crippen molar-refractivity contribution in [3.05, 3.63) is 55.9 Å². The summed E-state index contributed by atoms with van der Waals surface area (Å²) in [6.45, 7) is 1.68. The van der Waals surface area contributed by atoms with Crippen molar-refractivity contribution in [1.82, 2.24) is 19.9 Å². The van der Waals surface area contributed by atoms with Gasteiger partial charge in [-0.3, -0.25) is 20.2 Å². The second-order valence-electron chi connectivity index (χ2n) is 4.87. The third-order valence-corrected chi connectivity index (χ3v) is 4.37. The van der Waals surface area contributed by atoms with E-state index in [0.29, 0.717) is 15.7 Å². The maximum Gasteiger partial charge on any atom is 0.328 e. The molecule has 0 radical (unpaired) electrons. The van der Waals surface area contributed by atoms with Crippen molar-refractivity contribution in [1.29, 1.82) is 0 Å². The number of imide groups is 1. The Kier molecular flexibility index (Phi) is 4.71. The van der Waals surface area contributed by atoms with Gasteiger partial charge in [0.1, 0.15) is 0 Å². The van der Waals surface area contributed by atoms with Crippen molar-refractivity contribution in [2.24, 2.45) is 0 Å². The summed E-state index contributed by atoms with van der Waals surface area (Å²) in [5, 5.41) is 9.03. The lowest BCUT2D eigenvalue weighted by Crippen LogP contribution is -2.34. The second-order valence-corrected chi connectivity index (χ2v) is 6.67. The zero-order valence-electron chi connectivity index (χ0n) is 12.5. The average Bonchev–Trinajstić information content (AvgIpc) is 2.89. The van der Waals surface area contributed by atoms with Gasteiger partial charge >= 0.3 is 6.03 Å². The Hall–Kier alpha value is -2.49. The van der Waals surface area contributed by atoms with Gasteiger partial charge in [-0.1, -0.05) is 34.5 Å². The number of halogens is 2. The zero-order chi connectivity index (χ0) is 18.1. The van der Waals surface area contributed by atoms with Crippen LogP contribution in [0.4, 0.5) is 9.93 Å². The Morgan fingerprint density at radius 1 is 1.24 bits per heavy atom. The van der Waals surface area contributed by atoms with Gasteiger partial charge in [0, 0.05) is 16.8 Å². The molecule has 0 aliphatic carbocycles. The Morgan fingerprint density at radius 3 is 2.72 bits per heavy atom. The van der Waals surface area contributed by atoms with Crippen LogP contribution in [0, 0.1) is 6.92 Å². The summed E-state index contributed by atoms with van der Waals surface area (Å²) in [7, 11) is 0. The Bertz CT molecular complexity index is 1060. The SMILES string of the molecule is Cc1cc(=O)n2nc(NC(=O)NC(=O)c3ccc(Cl)cc3Cl)sc2n1. The number of nitrogens with zero attached hydrogens (tertiary/aromatic N) is 3. The molecule has 3 aromatic rings. The molecule has 0 atom stereocenters. The van der Waals surface area contributed by atoms with Crippen LogP contribution in [-0.2, 0) is 0 Å². The molecule has 0 bridgehead atoms. The standard InChI is InChI=1S/C14H9Cl2N5O3S/c1-6-4-10(22)21-14(17-6)25-13(20-21)19-12(24)18-11(23)8-3-2-7(15)5-9(8)16/h2-5H,1H3,(H2,18,19,20,23,24). The van der Waals surface area contributed by atoms with Crippen molar-refractivity contribution in [2.75, 3.05) is 5.32 Å². The first kappa shape index (κ1) is 17.3. The van der Waals surface area contributed by atoms with E-state index in [0.717, 1.165) is 15.9 Å². The molecular weight excluding hydrogens is 389 g/mol. The molecule has 1 aromatic carbocycles. The number of aromatic nitrogens is 3. The Labute approximate surface area is 154 Å². The lowest BCUT2D eigenvalue weighted by molar-refractivity contribution is 0.0967. The highest BCUT2D eigenvalue weighted by Crippen LogP contribution is 2.21. The predicted octanol–water partition coefficient (Wildman–Crippen LogP) is 2.73. The fourth-order valence-electron chi connectivity index (χ4n) is 1.94. The summed E-state index contributed by atoms with van der Waals surface area (Å²) in [5.74, 6) is -0.702. The van der Waals surface area contributed by atoms with Crippen LogP contribution in [0.2, 0.25) is 10.0 Å². The smallest absolute Gasteiger partial charge is 0.282 e. The highest BCUT2D eigenvalue weighted by atomic mass is 35.5. The molecule has 2 aromatic heterocycles. The number of anilines is 1. The minimum atomic E-state index is -0.820. The van der Waals surface area contributed by atoms with Gasteiger partial charge in [0.15, 0.2) is 0 Å². The number of carbonyl (C=O) groups is 2. The first-order chi connectivity index (χ1) is 11.8. The largest absolute Gasteiger partial charge is 0.328 e. The van der Waals surface area contributed by atoms with Crippen molar-refractivity contribution >= 4 is 56.6 Å². The predicted molar refractivity (Wildman–Crippen MR) is 94.8 cm³/mol. The quantitative estimate of drug-likeness (QED) is 0.691. The summed E-state index contributed by atoms with van der Waals surface area (Å²) in [5.41, 5.74) is 0.271. The zero-order valence-corrected chi connectivity index (χ0v) is 14.9. The van der Waals surface area contributed by atoms with Crippen LogP contribution < -0.4 is 16.2 Å². The van der Waals surface area contributed by atoms with E-state index in [1.165, 1.54) is 24.3 Å². The maximum absolute atomic E-state index is 12.1. The van der Waals surface area contributed by atoms with Crippen LogP contribution in [0.1, 0.15) is 16.1 Å². The van der Waals surface area contributed by atoms with Crippen LogP contribution in [0.15, 0.2) is 29.1 Å².